The summed E-state index contributed by atoms with van der Waals surface area (Å²) < 4.78 is 64.9. The van der Waals surface area contributed by atoms with Gasteiger partial charge in [-0.15, -0.1) is 0 Å². The van der Waals surface area contributed by atoms with Crippen LogP contribution in [-0.4, -0.2) is 31.9 Å². The molecular formula is C12H14ClF3N2O2S. The van der Waals surface area contributed by atoms with E-state index in [1.165, 1.54) is 0 Å². The second kappa shape index (κ2) is 5.42. The lowest BCUT2D eigenvalue weighted by Crippen LogP contribution is -2.33. The van der Waals surface area contributed by atoms with E-state index in [4.69, 9.17) is 17.3 Å². The van der Waals surface area contributed by atoms with Crippen molar-refractivity contribution in [3.8, 4) is 0 Å². The van der Waals surface area contributed by atoms with Crippen LogP contribution in [0.4, 0.5) is 13.2 Å². The highest BCUT2D eigenvalue weighted by Crippen LogP contribution is 2.37. The third-order valence-electron chi connectivity index (χ3n) is 3.50. The molecule has 1 heterocycles. The lowest BCUT2D eigenvalue weighted by atomic mass is 10.1. The Hall–Kier alpha value is -0.830. The van der Waals surface area contributed by atoms with Gasteiger partial charge in [-0.2, -0.15) is 17.5 Å². The number of halogens is 4. The molecule has 2 unspecified atom stereocenters. The maximum Gasteiger partial charge on any atom is 0.417 e. The molecule has 21 heavy (non-hydrogen) atoms. The number of sulfonamides is 1. The van der Waals surface area contributed by atoms with Gasteiger partial charge in [0, 0.05) is 24.2 Å². The van der Waals surface area contributed by atoms with Gasteiger partial charge in [0.2, 0.25) is 10.0 Å². The maximum absolute atomic E-state index is 13.0. The van der Waals surface area contributed by atoms with Gasteiger partial charge in [-0.05, 0) is 24.1 Å². The molecule has 0 saturated carbocycles. The molecule has 118 valence electrons. The standard InChI is InChI=1S/C12H14ClF3N2O2S/c1-7-5-18(6-10(7)17)21(19,20)11-3-2-8(13)4-9(11)12(14,15)16/h2-4,7,10H,5-6,17H2,1H3. The summed E-state index contributed by atoms with van der Waals surface area (Å²) in [6.45, 7) is 1.86. The first-order valence-corrected chi connectivity index (χ1v) is 7.97. The van der Waals surface area contributed by atoms with Crippen molar-refractivity contribution >= 4 is 21.6 Å². The van der Waals surface area contributed by atoms with E-state index in [0.29, 0.717) is 6.07 Å². The quantitative estimate of drug-likeness (QED) is 0.897. The Morgan fingerprint density at radius 2 is 1.95 bits per heavy atom. The molecule has 1 aliphatic heterocycles. The van der Waals surface area contributed by atoms with Gasteiger partial charge >= 0.3 is 6.18 Å². The number of benzene rings is 1. The van der Waals surface area contributed by atoms with Gasteiger partial charge in [0.15, 0.2) is 0 Å². The summed E-state index contributed by atoms with van der Waals surface area (Å²) in [6.07, 6.45) is -4.80. The van der Waals surface area contributed by atoms with Gasteiger partial charge < -0.3 is 5.73 Å². The van der Waals surface area contributed by atoms with Crippen molar-refractivity contribution < 1.29 is 21.6 Å². The zero-order valence-electron chi connectivity index (χ0n) is 11.1. The van der Waals surface area contributed by atoms with E-state index in [9.17, 15) is 21.6 Å². The SMILES string of the molecule is CC1CN(S(=O)(=O)c2ccc(Cl)cc2C(F)(F)F)CC1N. The van der Waals surface area contributed by atoms with Crippen molar-refractivity contribution in [2.75, 3.05) is 13.1 Å². The smallest absolute Gasteiger partial charge is 0.326 e. The van der Waals surface area contributed by atoms with Gasteiger partial charge in [-0.25, -0.2) is 8.42 Å². The molecule has 0 amide bonds. The van der Waals surface area contributed by atoms with Crippen molar-refractivity contribution in [3.63, 3.8) is 0 Å². The van der Waals surface area contributed by atoms with Crippen LogP contribution < -0.4 is 5.73 Å². The monoisotopic (exact) mass is 342 g/mol. The minimum Gasteiger partial charge on any atom is -0.326 e. The summed E-state index contributed by atoms with van der Waals surface area (Å²) in [5.74, 6) is -0.110. The highest BCUT2D eigenvalue weighted by molar-refractivity contribution is 7.89. The predicted octanol–water partition coefficient (Wildman–Crippen LogP) is 2.33. The molecule has 2 atom stereocenters. The number of nitrogens with zero attached hydrogens (tertiary/aromatic N) is 1. The van der Waals surface area contributed by atoms with Crippen molar-refractivity contribution in [1.82, 2.24) is 4.31 Å². The molecule has 0 bridgehead atoms. The Morgan fingerprint density at radius 1 is 1.33 bits per heavy atom. The average molecular weight is 343 g/mol. The first kappa shape index (κ1) is 16.5. The van der Waals surface area contributed by atoms with Crippen LogP contribution in [0.25, 0.3) is 0 Å². The maximum atomic E-state index is 13.0. The Morgan fingerprint density at radius 3 is 2.43 bits per heavy atom. The minimum atomic E-state index is -4.80. The molecule has 4 nitrogen and oxygen atoms in total. The summed E-state index contributed by atoms with van der Waals surface area (Å²) in [5, 5.41) is -0.173. The summed E-state index contributed by atoms with van der Waals surface area (Å²) in [6, 6.07) is 2.24. The van der Waals surface area contributed by atoms with Crippen LogP contribution in [0.5, 0.6) is 0 Å². The molecule has 9 heteroatoms. The van der Waals surface area contributed by atoms with Crippen LogP contribution in [-0.2, 0) is 16.2 Å². The van der Waals surface area contributed by atoms with Crippen molar-refractivity contribution in [2.45, 2.75) is 24.0 Å². The van der Waals surface area contributed by atoms with E-state index in [1.807, 2.05) is 0 Å². The summed E-state index contributed by atoms with van der Waals surface area (Å²) in [7, 11) is -4.26. The Bertz CT molecular complexity index is 638. The molecule has 1 saturated heterocycles. The van der Waals surface area contributed by atoms with E-state index in [2.05, 4.69) is 0 Å². The molecule has 0 radical (unpaired) electrons. The average Bonchev–Trinajstić information content (AvgIpc) is 2.69. The van der Waals surface area contributed by atoms with E-state index in [-0.39, 0.29) is 30.1 Å². The van der Waals surface area contributed by atoms with Crippen LogP contribution >= 0.6 is 11.6 Å². The normalized spacial score (nSPS) is 24.5. The Balaban J connectivity index is 2.51. The van der Waals surface area contributed by atoms with Crippen molar-refractivity contribution in [2.24, 2.45) is 11.7 Å². The van der Waals surface area contributed by atoms with Gasteiger partial charge in [0.25, 0.3) is 0 Å². The largest absolute Gasteiger partial charge is 0.417 e. The van der Waals surface area contributed by atoms with E-state index >= 15 is 0 Å². The topological polar surface area (TPSA) is 63.4 Å². The van der Waals surface area contributed by atoms with Crippen LogP contribution in [0.15, 0.2) is 23.1 Å². The first-order chi connectivity index (χ1) is 9.53. The highest BCUT2D eigenvalue weighted by atomic mass is 35.5. The van der Waals surface area contributed by atoms with Crippen LogP contribution in [0.2, 0.25) is 5.02 Å². The summed E-state index contributed by atoms with van der Waals surface area (Å²) in [5.41, 5.74) is 4.48. The molecule has 2 rings (SSSR count). The second-order valence-electron chi connectivity index (χ2n) is 5.10. The van der Waals surface area contributed by atoms with Gasteiger partial charge in [0.1, 0.15) is 0 Å². The lowest BCUT2D eigenvalue weighted by Gasteiger charge is -2.19. The van der Waals surface area contributed by atoms with Crippen LogP contribution in [0, 0.1) is 5.92 Å². The Labute approximate surface area is 125 Å². The fourth-order valence-corrected chi connectivity index (χ4v) is 4.17. The minimum absolute atomic E-state index is 0.00340. The van der Waals surface area contributed by atoms with E-state index in [0.717, 1.165) is 16.4 Å². The molecule has 1 fully saturated rings. The second-order valence-corrected chi connectivity index (χ2v) is 7.44. The number of hydrogen-bond acceptors (Lipinski definition) is 3. The summed E-state index contributed by atoms with van der Waals surface area (Å²) >= 11 is 5.55. The molecule has 1 aliphatic rings. The molecule has 0 aromatic heterocycles. The zero-order chi connectivity index (χ0) is 16.0. The lowest BCUT2D eigenvalue weighted by molar-refractivity contribution is -0.139. The van der Waals surface area contributed by atoms with E-state index < -0.39 is 26.7 Å². The Kier molecular flexibility index (Phi) is 4.27. The third kappa shape index (κ3) is 3.18. The molecule has 0 spiro atoms. The number of hydrogen-bond donors (Lipinski definition) is 1. The number of alkyl halides is 3. The molecule has 0 aliphatic carbocycles. The van der Waals surface area contributed by atoms with Gasteiger partial charge in [0.05, 0.1) is 10.5 Å². The fourth-order valence-electron chi connectivity index (χ4n) is 2.23. The fraction of sp³-hybridized carbons (Fsp3) is 0.500. The first-order valence-electron chi connectivity index (χ1n) is 6.16. The number of rotatable bonds is 2. The predicted molar refractivity (Wildman–Crippen MR) is 72.4 cm³/mol. The van der Waals surface area contributed by atoms with Gasteiger partial charge in [-0.1, -0.05) is 18.5 Å². The van der Waals surface area contributed by atoms with Crippen molar-refractivity contribution in [1.29, 1.82) is 0 Å². The van der Waals surface area contributed by atoms with Crippen LogP contribution in [0.3, 0.4) is 0 Å². The molecule has 1 aromatic carbocycles. The van der Waals surface area contributed by atoms with Crippen molar-refractivity contribution in [3.05, 3.63) is 28.8 Å². The third-order valence-corrected chi connectivity index (χ3v) is 5.63. The van der Waals surface area contributed by atoms with E-state index in [1.54, 1.807) is 6.92 Å². The summed E-state index contributed by atoms with van der Waals surface area (Å²) in [4.78, 5) is -0.791. The van der Waals surface area contributed by atoms with Crippen LogP contribution in [0.1, 0.15) is 12.5 Å². The number of nitrogens with two attached hydrogens (primary N) is 1. The zero-order valence-corrected chi connectivity index (χ0v) is 12.6. The highest BCUT2D eigenvalue weighted by Gasteiger charge is 2.42. The molecule has 1 aromatic rings. The molecular weight excluding hydrogens is 329 g/mol. The molecule has 2 N–H and O–H groups in total. The van der Waals surface area contributed by atoms with Gasteiger partial charge in [-0.3, -0.25) is 0 Å².